The van der Waals surface area contributed by atoms with E-state index in [1.807, 2.05) is 0 Å². The largest absolute Gasteiger partial charge is 0.462 e. The fourth-order valence-electron chi connectivity index (χ4n) is 3.40. The van der Waals surface area contributed by atoms with Gasteiger partial charge in [-0.15, -0.1) is 22.7 Å². The number of sulfonamides is 1. The van der Waals surface area contributed by atoms with E-state index in [4.69, 9.17) is 10.5 Å². The maximum absolute atomic E-state index is 12.8. The Morgan fingerprint density at radius 1 is 1.29 bits per heavy atom. The van der Waals surface area contributed by atoms with Crippen molar-refractivity contribution in [1.29, 1.82) is 0 Å². The van der Waals surface area contributed by atoms with Crippen LogP contribution in [0.25, 0.3) is 0 Å². The second kappa shape index (κ2) is 9.47. The van der Waals surface area contributed by atoms with E-state index in [1.165, 1.54) is 4.31 Å². The van der Waals surface area contributed by atoms with E-state index in [0.29, 0.717) is 18.4 Å². The van der Waals surface area contributed by atoms with Crippen LogP contribution in [0.2, 0.25) is 0 Å². The molecule has 1 aliphatic rings. The molecular formula is C19H23N3O6S3. The number of esters is 1. The highest BCUT2D eigenvalue weighted by molar-refractivity contribution is 7.91. The molecule has 2 amide bonds. The summed E-state index contributed by atoms with van der Waals surface area (Å²) in [5.41, 5.74) is 5.91. The summed E-state index contributed by atoms with van der Waals surface area (Å²) < 4.78 is 31.9. The number of carbonyl (C=O) groups is 3. The molecule has 0 saturated carbocycles. The van der Waals surface area contributed by atoms with Crippen LogP contribution in [-0.2, 0) is 19.6 Å². The van der Waals surface area contributed by atoms with Crippen molar-refractivity contribution in [3.8, 4) is 0 Å². The molecule has 31 heavy (non-hydrogen) atoms. The Kier molecular flexibility index (Phi) is 7.14. The summed E-state index contributed by atoms with van der Waals surface area (Å²) in [6.07, 6.45) is 0.689. The van der Waals surface area contributed by atoms with Gasteiger partial charge in [-0.1, -0.05) is 6.07 Å². The molecule has 1 saturated heterocycles. The van der Waals surface area contributed by atoms with Gasteiger partial charge in [0.05, 0.1) is 12.2 Å². The van der Waals surface area contributed by atoms with Gasteiger partial charge in [0.25, 0.3) is 15.9 Å². The number of nitrogens with zero attached hydrogens (tertiary/aromatic N) is 1. The molecule has 0 spiro atoms. The molecule has 0 atom stereocenters. The molecule has 3 heterocycles. The molecule has 3 N–H and O–H groups in total. The number of rotatable bonds is 7. The first-order valence-corrected chi connectivity index (χ1v) is 12.7. The number of hydrogen-bond acceptors (Lipinski definition) is 8. The third kappa shape index (κ3) is 4.81. The highest BCUT2D eigenvalue weighted by Crippen LogP contribution is 2.34. The average molecular weight is 486 g/mol. The Balaban J connectivity index is 1.71. The Morgan fingerprint density at radius 3 is 2.52 bits per heavy atom. The van der Waals surface area contributed by atoms with Gasteiger partial charge in [-0.3, -0.25) is 9.59 Å². The molecule has 0 aliphatic carbocycles. The number of nitrogens with one attached hydrogen (secondary N) is 1. The third-order valence-corrected chi connectivity index (χ3v) is 9.46. The molecule has 1 fully saturated rings. The molecule has 3 rings (SSSR count). The molecule has 0 radical (unpaired) electrons. The molecule has 168 valence electrons. The second-order valence-electron chi connectivity index (χ2n) is 6.94. The zero-order valence-electron chi connectivity index (χ0n) is 17.0. The van der Waals surface area contributed by atoms with Crippen LogP contribution in [0.15, 0.2) is 21.7 Å². The van der Waals surface area contributed by atoms with Gasteiger partial charge in [0.15, 0.2) is 0 Å². The summed E-state index contributed by atoms with van der Waals surface area (Å²) in [5.74, 6) is -2.10. The molecular weight excluding hydrogens is 462 g/mol. The standard InChI is InChI=1S/C19H23N3O6S3/c1-3-28-19(25)15-11(2)14(16(20)23)18(30-15)21-17(24)12-6-8-22(9-7-12)31(26,27)13-5-4-10-29-13/h4-5,10,12H,3,6-9H2,1-2H3,(H2,20,23)(H,21,24). The molecule has 0 aromatic carbocycles. The first kappa shape index (κ1) is 23.4. The van der Waals surface area contributed by atoms with E-state index in [9.17, 15) is 22.8 Å². The molecule has 2 aromatic heterocycles. The van der Waals surface area contributed by atoms with Crippen LogP contribution in [0.3, 0.4) is 0 Å². The topological polar surface area (TPSA) is 136 Å². The average Bonchev–Trinajstić information content (AvgIpc) is 3.37. The van der Waals surface area contributed by atoms with E-state index >= 15 is 0 Å². The highest BCUT2D eigenvalue weighted by Gasteiger charge is 2.33. The first-order chi connectivity index (χ1) is 14.7. The van der Waals surface area contributed by atoms with E-state index in [-0.39, 0.29) is 45.3 Å². The van der Waals surface area contributed by atoms with E-state index in [1.54, 1.807) is 31.4 Å². The maximum atomic E-state index is 12.8. The fraction of sp³-hybridized carbons (Fsp3) is 0.421. The molecule has 2 aromatic rings. The lowest BCUT2D eigenvalue weighted by Gasteiger charge is -2.30. The lowest BCUT2D eigenvalue weighted by molar-refractivity contribution is -0.120. The van der Waals surface area contributed by atoms with Crippen LogP contribution in [0, 0.1) is 12.8 Å². The molecule has 0 bridgehead atoms. The minimum absolute atomic E-state index is 0.0825. The number of nitrogens with two attached hydrogens (primary N) is 1. The summed E-state index contributed by atoms with van der Waals surface area (Å²) in [4.78, 5) is 37.1. The van der Waals surface area contributed by atoms with Crippen molar-refractivity contribution >= 4 is 55.5 Å². The quantitative estimate of drug-likeness (QED) is 0.578. The van der Waals surface area contributed by atoms with Gasteiger partial charge in [-0.05, 0) is 43.7 Å². The molecule has 1 aliphatic heterocycles. The minimum Gasteiger partial charge on any atom is -0.462 e. The Bertz CT molecular complexity index is 1080. The number of anilines is 1. The van der Waals surface area contributed by atoms with Gasteiger partial charge in [-0.2, -0.15) is 4.31 Å². The summed E-state index contributed by atoms with van der Waals surface area (Å²) in [7, 11) is -3.55. The SMILES string of the molecule is CCOC(=O)c1sc(NC(=O)C2CCN(S(=O)(=O)c3cccs3)CC2)c(C(N)=O)c1C. The zero-order valence-corrected chi connectivity index (χ0v) is 19.5. The Labute approximate surface area is 188 Å². The monoisotopic (exact) mass is 485 g/mol. The van der Waals surface area contributed by atoms with Gasteiger partial charge in [0, 0.05) is 19.0 Å². The van der Waals surface area contributed by atoms with Crippen LogP contribution < -0.4 is 11.1 Å². The number of ether oxygens (including phenoxy) is 1. The van der Waals surface area contributed by atoms with Gasteiger partial charge >= 0.3 is 5.97 Å². The predicted molar refractivity (Wildman–Crippen MR) is 118 cm³/mol. The van der Waals surface area contributed by atoms with Crippen LogP contribution in [0.1, 0.15) is 45.4 Å². The number of hydrogen-bond donors (Lipinski definition) is 2. The maximum Gasteiger partial charge on any atom is 0.348 e. The zero-order chi connectivity index (χ0) is 22.8. The van der Waals surface area contributed by atoms with E-state index < -0.39 is 27.8 Å². The lowest BCUT2D eigenvalue weighted by Crippen LogP contribution is -2.41. The van der Waals surface area contributed by atoms with Crippen molar-refractivity contribution in [2.45, 2.75) is 30.9 Å². The van der Waals surface area contributed by atoms with Crippen molar-refractivity contribution in [2.24, 2.45) is 11.7 Å². The van der Waals surface area contributed by atoms with Crippen molar-refractivity contribution in [2.75, 3.05) is 25.0 Å². The number of primary amides is 1. The van der Waals surface area contributed by atoms with Crippen molar-refractivity contribution in [3.63, 3.8) is 0 Å². The number of piperidine rings is 1. The van der Waals surface area contributed by atoms with Crippen molar-refractivity contribution < 1.29 is 27.5 Å². The van der Waals surface area contributed by atoms with Gasteiger partial charge < -0.3 is 15.8 Å². The van der Waals surface area contributed by atoms with Gasteiger partial charge in [-0.25, -0.2) is 13.2 Å². The van der Waals surface area contributed by atoms with Crippen LogP contribution in [-0.4, -0.2) is 50.2 Å². The molecule has 12 heteroatoms. The summed E-state index contributed by atoms with van der Waals surface area (Å²) in [5, 5.41) is 4.61. The molecule has 0 unspecified atom stereocenters. The predicted octanol–water partition coefficient (Wildman–Crippen LogP) is 2.43. The summed E-state index contributed by atoms with van der Waals surface area (Å²) in [6, 6.07) is 3.24. The minimum atomic E-state index is -3.55. The smallest absolute Gasteiger partial charge is 0.348 e. The van der Waals surface area contributed by atoms with Crippen LogP contribution in [0.4, 0.5) is 5.00 Å². The van der Waals surface area contributed by atoms with Crippen molar-refractivity contribution in [3.05, 3.63) is 33.5 Å². The number of thiophene rings is 2. The highest BCUT2D eigenvalue weighted by atomic mass is 32.2. The van der Waals surface area contributed by atoms with Crippen molar-refractivity contribution in [1.82, 2.24) is 4.31 Å². The first-order valence-electron chi connectivity index (χ1n) is 9.61. The second-order valence-corrected chi connectivity index (χ2v) is 11.1. The van der Waals surface area contributed by atoms with E-state index in [2.05, 4.69) is 5.32 Å². The van der Waals surface area contributed by atoms with Gasteiger partial charge in [0.2, 0.25) is 5.91 Å². The number of carbonyl (C=O) groups excluding carboxylic acids is 3. The summed E-state index contributed by atoms with van der Waals surface area (Å²) in [6.45, 7) is 3.86. The van der Waals surface area contributed by atoms with E-state index in [0.717, 1.165) is 22.7 Å². The molecule has 9 nitrogen and oxygen atoms in total. The number of amides is 2. The third-order valence-electron chi connectivity index (χ3n) is 5.00. The normalized spacial score (nSPS) is 15.5. The fourth-order valence-corrected chi connectivity index (χ4v) is 7.12. The summed E-state index contributed by atoms with van der Waals surface area (Å²) >= 11 is 2.10. The Hall–Kier alpha value is -2.28. The lowest BCUT2D eigenvalue weighted by atomic mass is 9.97. The van der Waals surface area contributed by atoms with Crippen LogP contribution in [0.5, 0.6) is 0 Å². The van der Waals surface area contributed by atoms with Crippen LogP contribution >= 0.6 is 22.7 Å². The van der Waals surface area contributed by atoms with Gasteiger partial charge in [0.1, 0.15) is 14.1 Å². The Morgan fingerprint density at radius 2 is 1.97 bits per heavy atom.